The molecule has 0 bridgehead atoms. The van der Waals surface area contributed by atoms with Crippen LogP contribution < -0.4 is 4.90 Å². The van der Waals surface area contributed by atoms with E-state index in [2.05, 4.69) is 170 Å². The Morgan fingerprint density at radius 1 is 0.560 bits per heavy atom. The summed E-state index contributed by atoms with van der Waals surface area (Å²) >= 11 is 1.85. The molecule has 0 spiro atoms. The van der Waals surface area contributed by atoms with Gasteiger partial charge in [0.2, 0.25) is 5.89 Å². The van der Waals surface area contributed by atoms with E-state index >= 15 is 0 Å². The maximum absolute atomic E-state index is 6.35. The zero-order valence-electron chi connectivity index (χ0n) is 27.7. The molecular weight excluding hydrogens is 629 g/mol. The molecule has 0 amide bonds. The number of thiophene rings is 1. The SMILES string of the molecule is CC1(C)c2ccccc2-c2ccc(N(c3ccc4oc(-c5ccc(-c6ccccc6)cc5)nc4c3)c3cccc4c3sc3ccccc34)cc21. The summed E-state index contributed by atoms with van der Waals surface area (Å²) in [6, 6.07) is 56.4. The monoisotopic (exact) mass is 660 g/mol. The molecule has 0 atom stereocenters. The summed E-state index contributed by atoms with van der Waals surface area (Å²) in [5.74, 6) is 0.618. The van der Waals surface area contributed by atoms with Crippen LogP contribution in [0.3, 0.4) is 0 Å². The Morgan fingerprint density at radius 3 is 2.12 bits per heavy atom. The van der Waals surface area contributed by atoms with Crippen molar-refractivity contribution < 1.29 is 4.42 Å². The fraction of sp³-hybridized carbons (Fsp3) is 0.0652. The number of benzene rings is 7. The normalized spacial score (nSPS) is 13.2. The standard InChI is InChI=1S/C46H32N2OS/c1-46(2)38-16-8-6-13-34(38)35-25-23-32(27-39(35)46)48(41-17-10-15-37-36-14-7-9-18-43(36)50-44(37)41)33-24-26-42-40(28-33)47-45(49-42)31-21-19-30(20-22-31)29-11-4-3-5-12-29/h3-28H,1-2H3. The van der Waals surface area contributed by atoms with E-state index < -0.39 is 0 Å². The van der Waals surface area contributed by atoms with E-state index in [9.17, 15) is 0 Å². The van der Waals surface area contributed by atoms with Crippen molar-refractivity contribution in [1.82, 2.24) is 4.98 Å². The zero-order valence-corrected chi connectivity index (χ0v) is 28.5. The lowest BCUT2D eigenvalue weighted by Gasteiger charge is -2.28. The van der Waals surface area contributed by atoms with Crippen LogP contribution in [-0.4, -0.2) is 4.98 Å². The highest BCUT2D eigenvalue weighted by atomic mass is 32.1. The maximum atomic E-state index is 6.35. The third-order valence-corrected chi connectivity index (χ3v) is 11.5. The van der Waals surface area contributed by atoms with Crippen LogP contribution in [0.4, 0.5) is 17.1 Å². The largest absolute Gasteiger partial charge is 0.436 e. The molecule has 10 rings (SSSR count). The van der Waals surface area contributed by atoms with Crippen LogP contribution in [0.15, 0.2) is 162 Å². The maximum Gasteiger partial charge on any atom is 0.227 e. The van der Waals surface area contributed by atoms with E-state index in [1.807, 2.05) is 17.4 Å². The predicted molar refractivity (Wildman–Crippen MR) is 210 cm³/mol. The van der Waals surface area contributed by atoms with E-state index in [0.29, 0.717) is 5.89 Å². The highest BCUT2D eigenvalue weighted by Crippen LogP contribution is 2.52. The molecule has 3 nitrogen and oxygen atoms in total. The molecule has 7 aromatic carbocycles. The Balaban J connectivity index is 1.13. The number of rotatable bonds is 5. The number of oxazole rings is 1. The average Bonchev–Trinajstić information content (AvgIpc) is 3.83. The molecule has 0 radical (unpaired) electrons. The van der Waals surface area contributed by atoms with Crippen LogP contribution in [0, 0.1) is 0 Å². The van der Waals surface area contributed by atoms with Gasteiger partial charge in [0, 0.05) is 37.8 Å². The fourth-order valence-corrected chi connectivity index (χ4v) is 8.99. The number of hydrogen-bond donors (Lipinski definition) is 0. The van der Waals surface area contributed by atoms with E-state index in [-0.39, 0.29) is 5.41 Å². The van der Waals surface area contributed by atoms with Crippen molar-refractivity contribution >= 4 is 59.7 Å². The molecule has 0 fully saturated rings. The number of hydrogen-bond acceptors (Lipinski definition) is 4. The van der Waals surface area contributed by atoms with E-state index in [1.54, 1.807) is 0 Å². The van der Waals surface area contributed by atoms with Gasteiger partial charge in [0.1, 0.15) is 5.52 Å². The van der Waals surface area contributed by atoms with Gasteiger partial charge in [-0.05, 0) is 88.0 Å². The quantitative estimate of drug-likeness (QED) is 0.184. The van der Waals surface area contributed by atoms with Gasteiger partial charge in [-0.15, -0.1) is 11.3 Å². The van der Waals surface area contributed by atoms with Crippen molar-refractivity contribution in [3.05, 3.63) is 169 Å². The molecule has 0 N–H and O–H groups in total. The Bertz CT molecular complexity index is 2740. The van der Waals surface area contributed by atoms with E-state index in [1.165, 1.54) is 53.6 Å². The Kier molecular flexibility index (Phi) is 6.39. The molecule has 1 aliphatic carbocycles. The topological polar surface area (TPSA) is 29.3 Å². The molecule has 0 saturated carbocycles. The van der Waals surface area contributed by atoms with Gasteiger partial charge in [-0.2, -0.15) is 0 Å². The van der Waals surface area contributed by atoms with Gasteiger partial charge in [0.05, 0.1) is 10.4 Å². The second-order valence-corrected chi connectivity index (χ2v) is 14.7. The van der Waals surface area contributed by atoms with Crippen molar-refractivity contribution in [2.45, 2.75) is 19.3 Å². The Labute approximate surface area is 294 Å². The molecule has 0 saturated heterocycles. The number of fused-ring (bicyclic) bond motifs is 7. The lowest BCUT2D eigenvalue weighted by Crippen LogP contribution is -2.16. The van der Waals surface area contributed by atoms with Crippen LogP contribution >= 0.6 is 11.3 Å². The van der Waals surface area contributed by atoms with Gasteiger partial charge in [-0.25, -0.2) is 4.98 Å². The first-order chi connectivity index (χ1) is 24.5. The molecule has 9 aromatic rings. The van der Waals surface area contributed by atoms with Crippen molar-refractivity contribution in [2.75, 3.05) is 4.90 Å². The molecule has 238 valence electrons. The molecule has 2 heterocycles. The molecule has 1 aliphatic rings. The molecule has 4 heteroatoms. The Morgan fingerprint density at radius 2 is 1.24 bits per heavy atom. The van der Waals surface area contributed by atoms with Gasteiger partial charge >= 0.3 is 0 Å². The van der Waals surface area contributed by atoms with Crippen LogP contribution in [0.2, 0.25) is 0 Å². The summed E-state index contributed by atoms with van der Waals surface area (Å²) in [4.78, 5) is 7.43. The van der Waals surface area contributed by atoms with Crippen molar-refractivity contribution in [3.8, 4) is 33.7 Å². The van der Waals surface area contributed by atoms with Crippen molar-refractivity contribution in [2.24, 2.45) is 0 Å². The summed E-state index contributed by atoms with van der Waals surface area (Å²) < 4.78 is 8.90. The molecule has 0 aliphatic heterocycles. The van der Waals surface area contributed by atoms with Crippen LogP contribution in [0.25, 0.3) is 65.0 Å². The number of nitrogens with zero attached hydrogens (tertiary/aromatic N) is 2. The van der Waals surface area contributed by atoms with Gasteiger partial charge in [0.15, 0.2) is 5.58 Å². The highest BCUT2D eigenvalue weighted by Gasteiger charge is 2.36. The predicted octanol–water partition coefficient (Wildman–Crippen LogP) is 13.3. The van der Waals surface area contributed by atoms with Crippen LogP contribution in [0.5, 0.6) is 0 Å². The minimum Gasteiger partial charge on any atom is -0.436 e. The average molecular weight is 661 g/mol. The zero-order chi connectivity index (χ0) is 33.4. The first kappa shape index (κ1) is 29.0. The molecule has 2 aromatic heterocycles. The molecule has 0 unspecified atom stereocenters. The minimum atomic E-state index is -0.113. The second kappa shape index (κ2) is 11.0. The third-order valence-electron chi connectivity index (χ3n) is 10.3. The van der Waals surface area contributed by atoms with Gasteiger partial charge in [-0.3, -0.25) is 0 Å². The van der Waals surface area contributed by atoms with Crippen molar-refractivity contribution in [1.29, 1.82) is 0 Å². The van der Waals surface area contributed by atoms with E-state index in [4.69, 9.17) is 9.40 Å². The molecule has 50 heavy (non-hydrogen) atoms. The second-order valence-electron chi connectivity index (χ2n) is 13.6. The van der Waals surface area contributed by atoms with Gasteiger partial charge < -0.3 is 9.32 Å². The third kappa shape index (κ3) is 4.45. The number of aromatic nitrogens is 1. The van der Waals surface area contributed by atoms with Crippen LogP contribution in [-0.2, 0) is 5.41 Å². The highest BCUT2D eigenvalue weighted by molar-refractivity contribution is 7.26. The fourth-order valence-electron chi connectivity index (χ4n) is 7.78. The smallest absolute Gasteiger partial charge is 0.227 e. The molecular formula is C46H32N2OS. The summed E-state index contributed by atoms with van der Waals surface area (Å²) in [6.07, 6.45) is 0. The van der Waals surface area contributed by atoms with Gasteiger partial charge in [-0.1, -0.05) is 117 Å². The summed E-state index contributed by atoms with van der Waals surface area (Å²) in [5.41, 5.74) is 13.4. The van der Waals surface area contributed by atoms with Crippen LogP contribution in [0.1, 0.15) is 25.0 Å². The minimum absolute atomic E-state index is 0.113. The summed E-state index contributed by atoms with van der Waals surface area (Å²) in [5, 5.41) is 2.56. The van der Waals surface area contributed by atoms with E-state index in [0.717, 1.165) is 33.7 Å². The first-order valence-electron chi connectivity index (χ1n) is 17.0. The van der Waals surface area contributed by atoms with Gasteiger partial charge in [0.25, 0.3) is 0 Å². The number of anilines is 3. The lowest BCUT2D eigenvalue weighted by molar-refractivity contribution is 0.620. The Hall–Kier alpha value is -5.97. The summed E-state index contributed by atoms with van der Waals surface area (Å²) in [6.45, 7) is 4.68. The first-order valence-corrected chi connectivity index (χ1v) is 17.9. The lowest BCUT2D eigenvalue weighted by atomic mass is 9.82. The van der Waals surface area contributed by atoms with Crippen molar-refractivity contribution in [3.63, 3.8) is 0 Å². The summed E-state index contributed by atoms with van der Waals surface area (Å²) in [7, 11) is 0.